The molecule has 1 aliphatic carbocycles. The van der Waals surface area contributed by atoms with E-state index in [1.807, 2.05) is 20.8 Å². The van der Waals surface area contributed by atoms with Gasteiger partial charge in [-0.25, -0.2) is 0 Å². The molecule has 0 bridgehead atoms. The van der Waals surface area contributed by atoms with E-state index in [9.17, 15) is 15.3 Å². The normalized spacial score (nSPS) is 37.3. The third-order valence-electron chi connectivity index (χ3n) is 4.84. The maximum absolute atomic E-state index is 10.6. The molecule has 3 N–H and O–H groups in total. The van der Waals surface area contributed by atoms with Gasteiger partial charge in [0.2, 0.25) is 0 Å². The van der Waals surface area contributed by atoms with E-state index in [1.165, 1.54) is 0 Å². The highest BCUT2D eigenvalue weighted by atomic mass is 16.3. The van der Waals surface area contributed by atoms with E-state index in [1.54, 1.807) is 6.92 Å². The predicted octanol–water partition coefficient (Wildman–Crippen LogP) is 2.25. The standard InChI is InChI=1S/C15H28O3/c1-10(2)13(16)7-9-15(5,18)12-6-8-14(4,17)11(12)3/h11-13,16-18H,1,6-9H2,2-5H3/t11-,12+,13?,14+,15+/m0/s1. The second-order valence-electron chi connectivity index (χ2n) is 6.55. The fourth-order valence-corrected chi connectivity index (χ4v) is 3.07. The number of hydrogen-bond donors (Lipinski definition) is 3. The molecular formula is C15H28O3. The molecule has 0 aromatic heterocycles. The molecule has 0 aromatic carbocycles. The van der Waals surface area contributed by atoms with Crippen molar-refractivity contribution in [2.24, 2.45) is 11.8 Å². The van der Waals surface area contributed by atoms with Crippen LogP contribution >= 0.6 is 0 Å². The molecule has 0 aromatic rings. The minimum atomic E-state index is -0.837. The summed E-state index contributed by atoms with van der Waals surface area (Å²) in [6.07, 6.45) is 2.08. The van der Waals surface area contributed by atoms with Gasteiger partial charge in [-0.05, 0) is 58.3 Å². The summed E-state index contributed by atoms with van der Waals surface area (Å²) in [6, 6.07) is 0. The van der Waals surface area contributed by atoms with Crippen LogP contribution in [0.2, 0.25) is 0 Å². The molecule has 1 saturated carbocycles. The van der Waals surface area contributed by atoms with E-state index in [4.69, 9.17) is 0 Å². The van der Waals surface area contributed by atoms with Crippen LogP contribution in [0.4, 0.5) is 0 Å². The Hall–Kier alpha value is -0.380. The molecule has 18 heavy (non-hydrogen) atoms. The average molecular weight is 256 g/mol. The SMILES string of the molecule is C=C(C)C(O)CC[C@@](C)(O)[C@@H]1CC[C@@](C)(O)[C@H]1C. The molecule has 0 saturated heterocycles. The van der Waals surface area contributed by atoms with Crippen molar-refractivity contribution < 1.29 is 15.3 Å². The fourth-order valence-electron chi connectivity index (χ4n) is 3.07. The molecule has 1 aliphatic rings. The van der Waals surface area contributed by atoms with Crippen LogP contribution in [0.25, 0.3) is 0 Å². The van der Waals surface area contributed by atoms with Gasteiger partial charge >= 0.3 is 0 Å². The summed E-state index contributed by atoms with van der Waals surface area (Å²) in [4.78, 5) is 0. The van der Waals surface area contributed by atoms with Crippen LogP contribution < -0.4 is 0 Å². The Morgan fingerprint density at radius 3 is 2.50 bits per heavy atom. The second-order valence-corrected chi connectivity index (χ2v) is 6.55. The first-order valence-corrected chi connectivity index (χ1v) is 6.86. The van der Waals surface area contributed by atoms with Crippen LogP contribution in [0.5, 0.6) is 0 Å². The summed E-state index contributed by atoms with van der Waals surface area (Å²) in [7, 11) is 0. The van der Waals surface area contributed by atoms with Gasteiger partial charge in [-0.1, -0.05) is 19.1 Å². The zero-order chi connectivity index (χ0) is 14.1. The Kier molecular flexibility index (Phi) is 4.63. The lowest BCUT2D eigenvalue weighted by Gasteiger charge is -2.36. The van der Waals surface area contributed by atoms with Crippen molar-refractivity contribution in [1.82, 2.24) is 0 Å². The number of hydrogen-bond acceptors (Lipinski definition) is 3. The quantitative estimate of drug-likeness (QED) is 0.661. The summed E-state index contributed by atoms with van der Waals surface area (Å²) in [5.74, 6) is 0.166. The molecule has 1 fully saturated rings. The first-order valence-electron chi connectivity index (χ1n) is 6.86. The predicted molar refractivity (Wildman–Crippen MR) is 73.2 cm³/mol. The summed E-state index contributed by atoms with van der Waals surface area (Å²) >= 11 is 0. The lowest BCUT2D eigenvalue weighted by Crippen LogP contribution is -2.41. The summed E-state index contributed by atoms with van der Waals surface area (Å²) < 4.78 is 0. The van der Waals surface area contributed by atoms with Crippen molar-refractivity contribution in [1.29, 1.82) is 0 Å². The van der Waals surface area contributed by atoms with Gasteiger partial charge in [0, 0.05) is 0 Å². The third-order valence-corrected chi connectivity index (χ3v) is 4.84. The van der Waals surface area contributed by atoms with Crippen LogP contribution in [0.3, 0.4) is 0 Å². The van der Waals surface area contributed by atoms with Crippen LogP contribution in [0.15, 0.2) is 12.2 Å². The van der Waals surface area contributed by atoms with Crippen LogP contribution in [-0.4, -0.2) is 32.6 Å². The zero-order valence-corrected chi connectivity index (χ0v) is 12.1. The molecule has 0 spiro atoms. The van der Waals surface area contributed by atoms with E-state index in [0.29, 0.717) is 12.8 Å². The van der Waals surface area contributed by atoms with E-state index >= 15 is 0 Å². The van der Waals surface area contributed by atoms with Gasteiger partial charge in [-0.3, -0.25) is 0 Å². The molecule has 5 atom stereocenters. The lowest BCUT2D eigenvalue weighted by atomic mass is 9.76. The van der Waals surface area contributed by atoms with Crippen molar-refractivity contribution in [3.63, 3.8) is 0 Å². The minimum absolute atomic E-state index is 0.0782. The van der Waals surface area contributed by atoms with Crippen molar-refractivity contribution in [3.8, 4) is 0 Å². The highest BCUT2D eigenvalue weighted by Crippen LogP contribution is 2.46. The van der Waals surface area contributed by atoms with Crippen LogP contribution in [-0.2, 0) is 0 Å². The second kappa shape index (κ2) is 5.32. The third kappa shape index (κ3) is 3.34. The molecule has 1 unspecified atom stereocenters. The molecule has 3 nitrogen and oxygen atoms in total. The Balaban J connectivity index is 2.62. The van der Waals surface area contributed by atoms with Gasteiger partial charge in [0.15, 0.2) is 0 Å². The van der Waals surface area contributed by atoms with Crippen molar-refractivity contribution in [3.05, 3.63) is 12.2 Å². The molecule has 0 radical (unpaired) electrons. The molecule has 1 rings (SSSR count). The molecule has 0 heterocycles. The van der Waals surface area contributed by atoms with E-state index < -0.39 is 17.3 Å². The highest BCUT2D eigenvalue weighted by Gasteiger charge is 2.48. The summed E-state index contributed by atoms with van der Waals surface area (Å²) in [5, 5.41) is 30.5. The van der Waals surface area contributed by atoms with Gasteiger partial charge in [0.25, 0.3) is 0 Å². The van der Waals surface area contributed by atoms with E-state index in [0.717, 1.165) is 18.4 Å². The largest absolute Gasteiger partial charge is 0.390 e. The first kappa shape index (κ1) is 15.7. The van der Waals surface area contributed by atoms with E-state index in [2.05, 4.69) is 6.58 Å². The lowest BCUT2D eigenvalue weighted by molar-refractivity contribution is -0.0591. The molecular weight excluding hydrogens is 228 g/mol. The Bertz CT molecular complexity index is 307. The van der Waals surface area contributed by atoms with Crippen molar-refractivity contribution in [2.75, 3.05) is 0 Å². The summed E-state index contributed by atoms with van der Waals surface area (Å²) in [5.41, 5.74) is -0.782. The first-order chi connectivity index (χ1) is 8.08. The van der Waals surface area contributed by atoms with Gasteiger partial charge in [-0.2, -0.15) is 0 Å². The van der Waals surface area contributed by atoms with Gasteiger partial charge in [0.1, 0.15) is 0 Å². The van der Waals surface area contributed by atoms with E-state index in [-0.39, 0.29) is 11.8 Å². The van der Waals surface area contributed by atoms with Crippen molar-refractivity contribution in [2.45, 2.75) is 70.7 Å². The average Bonchev–Trinajstić information content (AvgIpc) is 2.51. The van der Waals surface area contributed by atoms with Crippen molar-refractivity contribution >= 4 is 0 Å². The Morgan fingerprint density at radius 1 is 1.56 bits per heavy atom. The Morgan fingerprint density at radius 2 is 2.11 bits per heavy atom. The molecule has 106 valence electrons. The number of aliphatic hydroxyl groups is 3. The molecule has 0 aliphatic heterocycles. The number of aliphatic hydroxyl groups excluding tert-OH is 1. The highest BCUT2D eigenvalue weighted by molar-refractivity contribution is 5.01. The van der Waals surface area contributed by atoms with Crippen LogP contribution in [0, 0.1) is 11.8 Å². The minimum Gasteiger partial charge on any atom is -0.390 e. The molecule has 0 amide bonds. The van der Waals surface area contributed by atoms with Crippen LogP contribution in [0.1, 0.15) is 53.4 Å². The Labute approximate surface area is 111 Å². The maximum atomic E-state index is 10.6. The maximum Gasteiger partial charge on any atom is 0.0745 e. The van der Waals surface area contributed by atoms with Gasteiger partial charge < -0.3 is 15.3 Å². The topological polar surface area (TPSA) is 60.7 Å². The monoisotopic (exact) mass is 256 g/mol. The molecule has 3 heteroatoms. The fraction of sp³-hybridized carbons (Fsp3) is 0.867. The van der Waals surface area contributed by atoms with Gasteiger partial charge in [-0.15, -0.1) is 0 Å². The smallest absolute Gasteiger partial charge is 0.0745 e. The zero-order valence-electron chi connectivity index (χ0n) is 12.1. The van der Waals surface area contributed by atoms with Gasteiger partial charge in [0.05, 0.1) is 17.3 Å². The number of rotatable bonds is 5. The summed E-state index contributed by atoms with van der Waals surface area (Å²) in [6.45, 7) is 11.2.